The summed E-state index contributed by atoms with van der Waals surface area (Å²) in [6.45, 7) is 2.78. The fourth-order valence-electron chi connectivity index (χ4n) is 1.73. The first-order chi connectivity index (χ1) is 7.05. The molecule has 0 saturated carbocycles. The van der Waals surface area contributed by atoms with Crippen molar-refractivity contribution in [1.29, 1.82) is 0 Å². The molecule has 3 N–H and O–H groups in total. The standard InChI is InChI=1S/C10H15O4S/c1-7(11)8-9(12)10(13,6-14-8)15-4-2-3-5-15/h2-9,11-13,15H,1H3/t7?,8-,9-,10-/m1/s1. The molecule has 1 radical (unpaired) electrons. The summed E-state index contributed by atoms with van der Waals surface area (Å²) in [5, 5.41) is 33.2. The summed E-state index contributed by atoms with van der Waals surface area (Å²) in [4.78, 5) is -1.37. The Morgan fingerprint density at radius 2 is 2.00 bits per heavy atom. The molecule has 4 atom stereocenters. The quantitative estimate of drug-likeness (QED) is 0.506. The van der Waals surface area contributed by atoms with Crippen molar-refractivity contribution in [3.63, 3.8) is 0 Å². The van der Waals surface area contributed by atoms with Crippen LogP contribution in [0.25, 0.3) is 0 Å². The zero-order chi connectivity index (χ0) is 11.1. The van der Waals surface area contributed by atoms with E-state index in [-0.39, 0.29) is 0 Å². The van der Waals surface area contributed by atoms with Crippen LogP contribution in [0.4, 0.5) is 0 Å². The van der Waals surface area contributed by atoms with Gasteiger partial charge in [0.15, 0.2) is 4.93 Å². The van der Waals surface area contributed by atoms with Gasteiger partial charge in [-0.1, -0.05) is 12.2 Å². The minimum Gasteiger partial charge on any atom is -0.391 e. The second kappa shape index (κ2) is 3.92. The van der Waals surface area contributed by atoms with Gasteiger partial charge in [-0.05, 0) is 17.7 Å². The molecular formula is C10H15O4S. The van der Waals surface area contributed by atoms with Crippen LogP contribution in [0.2, 0.25) is 0 Å². The van der Waals surface area contributed by atoms with E-state index in [1.54, 1.807) is 0 Å². The monoisotopic (exact) mass is 231 g/mol. The lowest BCUT2D eigenvalue weighted by molar-refractivity contribution is -0.0437. The van der Waals surface area contributed by atoms with E-state index < -0.39 is 34.1 Å². The van der Waals surface area contributed by atoms with Crippen molar-refractivity contribution >= 4 is 10.9 Å². The average molecular weight is 231 g/mol. The van der Waals surface area contributed by atoms with E-state index in [9.17, 15) is 15.3 Å². The molecule has 2 heterocycles. The zero-order valence-corrected chi connectivity index (χ0v) is 9.21. The Morgan fingerprint density at radius 1 is 1.40 bits per heavy atom. The third kappa shape index (κ3) is 1.74. The predicted octanol–water partition coefficient (Wildman–Crippen LogP) is 0.0195. The molecule has 0 aromatic carbocycles. The zero-order valence-electron chi connectivity index (χ0n) is 8.32. The number of allylic oxidation sites excluding steroid dienone is 2. The van der Waals surface area contributed by atoms with Gasteiger partial charge < -0.3 is 20.1 Å². The van der Waals surface area contributed by atoms with Crippen LogP contribution >= 0.6 is 10.9 Å². The molecule has 15 heavy (non-hydrogen) atoms. The summed E-state index contributed by atoms with van der Waals surface area (Å²) >= 11 is 0. The average Bonchev–Trinajstić information content (AvgIpc) is 2.76. The fourth-order valence-corrected chi connectivity index (χ4v) is 3.51. The van der Waals surface area contributed by atoms with Gasteiger partial charge in [-0.25, -0.2) is 0 Å². The molecule has 1 unspecified atom stereocenters. The van der Waals surface area contributed by atoms with Crippen LogP contribution in [0.1, 0.15) is 6.92 Å². The number of aliphatic hydroxyl groups is 3. The van der Waals surface area contributed by atoms with E-state index in [0.29, 0.717) is 0 Å². The molecule has 1 saturated heterocycles. The SMILES string of the molecule is CC(O)[C@H]1O[CH][C@@](O)([SH]2C=CC=C2)[C@@H]1O. The third-order valence-corrected chi connectivity index (χ3v) is 4.82. The van der Waals surface area contributed by atoms with E-state index in [2.05, 4.69) is 0 Å². The summed E-state index contributed by atoms with van der Waals surface area (Å²) in [5.41, 5.74) is 0. The molecule has 0 aromatic rings. The highest BCUT2D eigenvalue weighted by Crippen LogP contribution is 2.52. The van der Waals surface area contributed by atoms with Crippen LogP contribution in [0.15, 0.2) is 23.0 Å². The summed E-state index contributed by atoms with van der Waals surface area (Å²) in [6, 6.07) is 0. The second-order valence-electron chi connectivity index (χ2n) is 3.78. The first kappa shape index (κ1) is 11.2. The van der Waals surface area contributed by atoms with Gasteiger partial charge in [-0.2, -0.15) is 10.9 Å². The normalized spacial score (nSPS) is 43.9. The van der Waals surface area contributed by atoms with Crippen LogP contribution in [0, 0.1) is 6.61 Å². The Kier molecular flexibility index (Phi) is 2.92. The molecule has 2 aliphatic rings. The smallest absolute Gasteiger partial charge is 0.156 e. The predicted molar refractivity (Wildman–Crippen MR) is 59.1 cm³/mol. The van der Waals surface area contributed by atoms with Crippen LogP contribution < -0.4 is 0 Å². The first-order valence-corrected chi connectivity index (χ1v) is 6.25. The topological polar surface area (TPSA) is 69.9 Å². The highest BCUT2D eigenvalue weighted by atomic mass is 32.2. The van der Waals surface area contributed by atoms with Crippen molar-refractivity contribution in [2.75, 3.05) is 0 Å². The van der Waals surface area contributed by atoms with Gasteiger partial charge in [0.1, 0.15) is 18.8 Å². The molecule has 0 amide bonds. The molecule has 2 aliphatic heterocycles. The molecule has 0 aliphatic carbocycles. The second-order valence-corrected chi connectivity index (χ2v) is 5.90. The summed E-state index contributed by atoms with van der Waals surface area (Å²) in [7, 11) is -0.966. The minimum atomic E-state index is -1.37. The molecule has 4 nitrogen and oxygen atoms in total. The van der Waals surface area contributed by atoms with Crippen LogP contribution in [-0.4, -0.2) is 38.6 Å². The number of rotatable bonds is 2. The van der Waals surface area contributed by atoms with Crippen molar-refractivity contribution in [1.82, 2.24) is 0 Å². The molecule has 0 aromatic heterocycles. The van der Waals surface area contributed by atoms with Crippen LogP contribution in [0.5, 0.6) is 0 Å². The van der Waals surface area contributed by atoms with E-state index in [1.807, 2.05) is 23.0 Å². The van der Waals surface area contributed by atoms with E-state index in [4.69, 9.17) is 4.74 Å². The van der Waals surface area contributed by atoms with Gasteiger partial charge in [0, 0.05) is 0 Å². The van der Waals surface area contributed by atoms with E-state index in [0.717, 1.165) is 0 Å². The van der Waals surface area contributed by atoms with Gasteiger partial charge in [0.05, 0.1) is 6.10 Å². The van der Waals surface area contributed by atoms with Crippen molar-refractivity contribution in [3.8, 4) is 0 Å². The lowest BCUT2D eigenvalue weighted by Gasteiger charge is -2.32. The Bertz CT molecular complexity index is 290. The number of hydrogen-bond acceptors (Lipinski definition) is 4. The third-order valence-electron chi connectivity index (χ3n) is 2.64. The maximum absolute atomic E-state index is 10.3. The number of thiol groups is 1. The van der Waals surface area contributed by atoms with Gasteiger partial charge >= 0.3 is 0 Å². The van der Waals surface area contributed by atoms with E-state index in [1.165, 1.54) is 13.5 Å². The van der Waals surface area contributed by atoms with Crippen molar-refractivity contribution in [2.24, 2.45) is 0 Å². The largest absolute Gasteiger partial charge is 0.391 e. The maximum Gasteiger partial charge on any atom is 0.156 e. The van der Waals surface area contributed by atoms with Crippen LogP contribution in [-0.2, 0) is 4.74 Å². The molecule has 85 valence electrons. The fraction of sp³-hybridized carbons (Fsp3) is 0.500. The van der Waals surface area contributed by atoms with Gasteiger partial charge in [0.2, 0.25) is 0 Å². The molecule has 2 rings (SSSR count). The summed E-state index contributed by atoms with van der Waals surface area (Å²) in [5.74, 6) is 0. The van der Waals surface area contributed by atoms with Crippen LogP contribution in [0.3, 0.4) is 0 Å². The van der Waals surface area contributed by atoms with Crippen molar-refractivity contribution in [3.05, 3.63) is 29.6 Å². The van der Waals surface area contributed by atoms with Gasteiger partial charge in [-0.15, -0.1) is 0 Å². The minimum absolute atomic E-state index is 0.750. The maximum atomic E-state index is 10.3. The van der Waals surface area contributed by atoms with Gasteiger partial charge in [0.25, 0.3) is 0 Å². The molecule has 0 bridgehead atoms. The molecule has 5 heteroatoms. The first-order valence-electron chi connectivity index (χ1n) is 4.77. The van der Waals surface area contributed by atoms with Crippen molar-refractivity contribution in [2.45, 2.75) is 30.2 Å². The Morgan fingerprint density at radius 3 is 2.47 bits per heavy atom. The van der Waals surface area contributed by atoms with Crippen molar-refractivity contribution < 1.29 is 20.1 Å². The molecular weight excluding hydrogens is 216 g/mol. The number of aliphatic hydroxyl groups excluding tert-OH is 2. The Labute approximate surface area is 91.2 Å². The van der Waals surface area contributed by atoms with E-state index >= 15 is 0 Å². The number of ether oxygens (including phenoxy) is 1. The summed E-state index contributed by atoms with van der Waals surface area (Å²) < 4.78 is 5.13. The molecule has 1 fully saturated rings. The highest BCUT2D eigenvalue weighted by molar-refractivity contribution is 8.23. The molecule has 0 spiro atoms. The Hall–Kier alpha value is -0.330. The number of hydrogen-bond donors (Lipinski definition) is 4. The lowest BCUT2D eigenvalue weighted by Crippen LogP contribution is -2.44. The Balaban J connectivity index is 2.17. The van der Waals surface area contributed by atoms with Gasteiger partial charge in [-0.3, -0.25) is 0 Å². The highest BCUT2D eigenvalue weighted by Gasteiger charge is 2.52. The summed E-state index contributed by atoms with van der Waals surface area (Å²) in [6.07, 6.45) is 1.02. The lowest BCUT2D eigenvalue weighted by atomic mass is 10.1.